The van der Waals surface area contributed by atoms with Crippen LogP contribution in [0.25, 0.3) is 0 Å². The summed E-state index contributed by atoms with van der Waals surface area (Å²) in [4.78, 5) is 4.21. The third-order valence-corrected chi connectivity index (χ3v) is 4.41. The summed E-state index contributed by atoms with van der Waals surface area (Å²) in [6.07, 6.45) is 4.89. The van der Waals surface area contributed by atoms with Crippen LogP contribution in [0.1, 0.15) is 34.1 Å². The van der Waals surface area contributed by atoms with E-state index in [1.165, 1.54) is 0 Å². The SMILES string of the molecule is CC[C@H](Nc1cncc(Br)c1)C(O[SiH](C)C)C(C)(C)C. The molecule has 114 valence electrons. The minimum atomic E-state index is -1.08. The molecule has 1 heterocycles. The summed E-state index contributed by atoms with van der Waals surface area (Å²) in [6.45, 7) is 13.4. The first kappa shape index (κ1) is 17.7. The summed E-state index contributed by atoms with van der Waals surface area (Å²) in [7, 11) is -1.08. The van der Waals surface area contributed by atoms with Gasteiger partial charge in [0.1, 0.15) is 0 Å². The number of hydrogen-bond acceptors (Lipinski definition) is 3. The Kier molecular flexibility index (Phi) is 6.68. The van der Waals surface area contributed by atoms with E-state index < -0.39 is 9.04 Å². The highest BCUT2D eigenvalue weighted by Crippen LogP contribution is 2.29. The molecule has 0 amide bonds. The average Bonchev–Trinajstić information content (AvgIpc) is 2.32. The normalized spacial score (nSPS) is 15.2. The quantitative estimate of drug-likeness (QED) is 0.762. The van der Waals surface area contributed by atoms with Crippen LogP contribution in [0.15, 0.2) is 22.9 Å². The van der Waals surface area contributed by atoms with E-state index in [2.05, 4.69) is 73.1 Å². The van der Waals surface area contributed by atoms with Crippen LogP contribution in [0, 0.1) is 5.41 Å². The highest BCUT2D eigenvalue weighted by atomic mass is 79.9. The molecule has 1 aromatic rings. The van der Waals surface area contributed by atoms with Gasteiger partial charge in [0.25, 0.3) is 0 Å². The largest absolute Gasteiger partial charge is 0.415 e. The Hall–Kier alpha value is -0.393. The van der Waals surface area contributed by atoms with Gasteiger partial charge in [-0.25, -0.2) is 0 Å². The first-order valence-electron chi connectivity index (χ1n) is 7.26. The van der Waals surface area contributed by atoms with Gasteiger partial charge in [0.15, 0.2) is 9.04 Å². The number of aromatic nitrogens is 1. The average molecular weight is 359 g/mol. The molecule has 2 atom stereocenters. The number of rotatable bonds is 6. The van der Waals surface area contributed by atoms with Crippen molar-refractivity contribution in [3.8, 4) is 0 Å². The van der Waals surface area contributed by atoms with Gasteiger partial charge < -0.3 is 9.74 Å². The lowest BCUT2D eigenvalue weighted by molar-refractivity contribution is 0.0675. The van der Waals surface area contributed by atoms with Crippen LogP contribution in [0.4, 0.5) is 5.69 Å². The summed E-state index contributed by atoms with van der Waals surface area (Å²) in [5.41, 5.74) is 1.15. The van der Waals surface area contributed by atoms with E-state index in [-0.39, 0.29) is 11.5 Å². The van der Waals surface area contributed by atoms with Gasteiger partial charge in [0, 0.05) is 10.7 Å². The molecular weight excluding hydrogens is 332 g/mol. The Balaban J connectivity index is 2.90. The predicted molar refractivity (Wildman–Crippen MR) is 92.8 cm³/mol. The van der Waals surface area contributed by atoms with Gasteiger partial charge in [-0.05, 0) is 46.9 Å². The Labute approximate surface area is 133 Å². The molecule has 0 bridgehead atoms. The Morgan fingerprint density at radius 3 is 2.45 bits per heavy atom. The second-order valence-corrected chi connectivity index (χ2v) is 9.81. The summed E-state index contributed by atoms with van der Waals surface area (Å²) in [5.74, 6) is 0. The van der Waals surface area contributed by atoms with Crippen molar-refractivity contribution in [2.75, 3.05) is 5.32 Å². The summed E-state index contributed by atoms with van der Waals surface area (Å²) < 4.78 is 7.30. The highest BCUT2D eigenvalue weighted by molar-refractivity contribution is 9.10. The van der Waals surface area contributed by atoms with Gasteiger partial charge in [-0.3, -0.25) is 4.98 Å². The van der Waals surface area contributed by atoms with Crippen LogP contribution in [0.5, 0.6) is 0 Å². The first-order chi connectivity index (χ1) is 9.24. The van der Waals surface area contributed by atoms with E-state index in [1.807, 2.05) is 6.20 Å². The van der Waals surface area contributed by atoms with Crippen LogP contribution in [0.3, 0.4) is 0 Å². The maximum absolute atomic E-state index is 6.31. The zero-order valence-electron chi connectivity index (χ0n) is 13.4. The molecule has 0 aromatic carbocycles. The first-order valence-corrected chi connectivity index (χ1v) is 10.8. The van der Waals surface area contributed by atoms with Crippen molar-refractivity contribution < 1.29 is 4.43 Å². The minimum Gasteiger partial charge on any atom is -0.415 e. The molecule has 0 saturated carbocycles. The van der Waals surface area contributed by atoms with E-state index in [4.69, 9.17) is 4.43 Å². The van der Waals surface area contributed by atoms with Crippen LogP contribution in [0.2, 0.25) is 13.1 Å². The van der Waals surface area contributed by atoms with E-state index in [9.17, 15) is 0 Å². The van der Waals surface area contributed by atoms with Gasteiger partial charge in [-0.1, -0.05) is 27.7 Å². The smallest absolute Gasteiger partial charge is 0.171 e. The fourth-order valence-electron chi connectivity index (χ4n) is 2.29. The lowest BCUT2D eigenvalue weighted by atomic mass is 9.83. The van der Waals surface area contributed by atoms with Crippen LogP contribution >= 0.6 is 15.9 Å². The molecule has 0 radical (unpaired) electrons. The number of anilines is 1. The Bertz CT molecular complexity index is 421. The molecule has 0 saturated heterocycles. The molecule has 0 fully saturated rings. The molecule has 1 unspecified atom stereocenters. The minimum absolute atomic E-state index is 0.115. The lowest BCUT2D eigenvalue weighted by Gasteiger charge is -2.39. The summed E-state index contributed by atoms with van der Waals surface area (Å²) >= 11 is 3.46. The third kappa shape index (κ3) is 5.54. The number of nitrogens with one attached hydrogen (secondary N) is 1. The van der Waals surface area contributed by atoms with Gasteiger partial charge in [0.2, 0.25) is 0 Å². The number of pyridine rings is 1. The highest BCUT2D eigenvalue weighted by Gasteiger charge is 2.32. The lowest BCUT2D eigenvalue weighted by Crippen LogP contribution is -2.46. The fraction of sp³-hybridized carbons (Fsp3) is 0.667. The molecule has 3 nitrogen and oxygen atoms in total. The zero-order valence-corrected chi connectivity index (χ0v) is 16.1. The maximum atomic E-state index is 6.31. The van der Waals surface area contributed by atoms with Crippen molar-refractivity contribution >= 4 is 30.7 Å². The summed E-state index contributed by atoms with van der Waals surface area (Å²) in [6, 6.07) is 2.35. The second kappa shape index (κ2) is 7.57. The maximum Gasteiger partial charge on any atom is 0.171 e. The van der Waals surface area contributed by atoms with Crippen molar-refractivity contribution in [3.63, 3.8) is 0 Å². The third-order valence-electron chi connectivity index (χ3n) is 3.13. The molecular formula is C15H27BrN2OSi. The van der Waals surface area contributed by atoms with Crippen molar-refractivity contribution in [1.29, 1.82) is 0 Å². The van der Waals surface area contributed by atoms with Crippen LogP contribution in [-0.2, 0) is 4.43 Å². The van der Waals surface area contributed by atoms with Crippen molar-refractivity contribution in [2.24, 2.45) is 5.41 Å². The second-order valence-electron chi connectivity index (χ2n) is 6.52. The molecule has 0 aliphatic carbocycles. The van der Waals surface area contributed by atoms with E-state index in [0.29, 0.717) is 6.04 Å². The molecule has 1 aromatic heterocycles. The van der Waals surface area contributed by atoms with Gasteiger partial charge in [-0.15, -0.1) is 0 Å². The molecule has 20 heavy (non-hydrogen) atoms. The molecule has 0 aliphatic rings. The standard InChI is InChI=1S/C15H27BrN2OSi/c1-7-13(14(15(2,3)4)19-20(5)6)18-12-8-11(16)9-17-10-12/h8-10,13-14,18,20H,7H2,1-6H3/t13-,14?/m0/s1. The van der Waals surface area contributed by atoms with E-state index in [1.54, 1.807) is 6.20 Å². The molecule has 0 spiro atoms. The van der Waals surface area contributed by atoms with Gasteiger partial charge in [0.05, 0.1) is 24.0 Å². The van der Waals surface area contributed by atoms with Crippen LogP contribution in [-0.4, -0.2) is 26.2 Å². The van der Waals surface area contributed by atoms with Gasteiger partial charge in [-0.2, -0.15) is 0 Å². The van der Waals surface area contributed by atoms with Crippen LogP contribution < -0.4 is 5.32 Å². The van der Waals surface area contributed by atoms with Crippen molar-refractivity contribution in [1.82, 2.24) is 4.98 Å². The van der Waals surface area contributed by atoms with E-state index >= 15 is 0 Å². The van der Waals surface area contributed by atoms with Crippen molar-refractivity contribution in [2.45, 2.75) is 59.4 Å². The molecule has 0 aliphatic heterocycles. The number of halogens is 1. The molecule has 1 N–H and O–H groups in total. The molecule has 5 heteroatoms. The summed E-state index contributed by atoms with van der Waals surface area (Å²) in [5, 5.41) is 3.59. The zero-order chi connectivity index (χ0) is 15.3. The fourth-order valence-corrected chi connectivity index (χ4v) is 3.84. The van der Waals surface area contributed by atoms with Crippen molar-refractivity contribution in [3.05, 3.63) is 22.9 Å². The number of nitrogens with zero attached hydrogens (tertiary/aromatic N) is 1. The Morgan fingerprint density at radius 2 is 2.00 bits per heavy atom. The predicted octanol–water partition coefficient (Wildman–Crippen LogP) is 4.45. The Morgan fingerprint density at radius 1 is 1.35 bits per heavy atom. The van der Waals surface area contributed by atoms with E-state index in [0.717, 1.165) is 16.6 Å². The monoisotopic (exact) mass is 358 g/mol. The molecule has 1 rings (SSSR count). The topological polar surface area (TPSA) is 34.2 Å². The number of hydrogen-bond donors (Lipinski definition) is 1. The van der Waals surface area contributed by atoms with Gasteiger partial charge >= 0.3 is 0 Å².